The van der Waals surface area contributed by atoms with E-state index in [1.54, 1.807) is 12.1 Å². The largest absolute Gasteiger partial charge is 0.508 e. The normalized spacial score (nSPS) is 20.7. The van der Waals surface area contributed by atoms with Gasteiger partial charge in [0.05, 0.1) is 6.04 Å². The highest BCUT2D eigenvalue weighted by atomic mass is 16.4. The lowest BCUT2D eigenvalue weighted by Gasteiger charge is -2.32. The number of carbonyl (C=O) groups is 4. The van der Waals surface area contributed by atoms with Gasteiger partial charge in [-0.15, -0.1) is 0 Å². The molecule has 2 saturated heterocycles. The first-order valence-corrected chi connectivity index (χ1v) is 13.0. The smallest absolute Gasteiger partial charge is 0.326 e. The lowest BCUT2D eigenvalue weighted by molar-refractivity contribution is -0.152. The molecule has 0 bridgehead atoms. The third-order valence-electron chi connectivity index (χ3n) is 7.27. The minimum Gasteiger partial charge on any atom is -0.508 e. The van der Waals surface area contributed by atoms with E-state index in [9.17, 15) is 29.4 Å². The van der Waals surface area contributed by atoms with Gasteiger partial charge < -0.3 is 31.1 Å². The second-order valence-corrected chi connectivity index (χ2v) is 9.95. The topological polar surface area (TPSA) is 153 Å². The zero-order valence-electron chi connectivity index (χ0n) is 21.2. The summed E-state index contributed by atoms with van der Waals surface area (Å²) in [5.74, 6) is -2.17. The van der Waals surface area contributed by atoms with Gasteiger partial charge in [0, 0.05) is 19.5 Å². The number of nitrogens with two attached hydrogens (primary N) is 1. The Morgan fingerprint density at radius 3 is 2.13 bits per heavy atom. The van der Waals surface area contributed by atoms with E-state index < -0.39 is 36.0 Å². The standard InChI is InChI=1S/C28H34N4O6/c29-21(16-19-10-12-20(33)13-11-19)25(34)30-22(17-18-6-2-1-3-7-18)26(35)31-14-4-8-23(31)27(36)32-15-5-9-24(32)28(37)38/h1-3,6-7,10-13,21-24,33H,4-5,8-9,14-17,29H2,(H,30,34)(H,37,38). The molecule has 2 aromatic rings. The molecule has 4 rings (SSSR count). The van der Waals surface area contributed by atoms with Gasteiger partial charge in [-0.3, -0.25) is 14.4 Å². The first kappa shape index (κ1) is 27.1. The van der Waals surface area contributed by atoms with Gasteiger partial charge >= 0.3 is 5.97 Å². The van der Waals surface area contributed by atoms with E-state index in [1.807, 2.05) is 30.3 Å². The van der Waals surface area contributed by atoms with Crippen molar-refractivity contribution in [1.82, 2.24) is 15.1 Å². The molecule has 0 aliphatic carbocycles. The molecular formula is C28H34N4O6. The van der Waals surface area contributed by atoms with Crippen LogP contribution in [0.1, 0.15) is 36.8 Å². The lowest BCUT2D eigenvalue weighted by Crippen LogP contribution is -2.57. The van der Waals surface area contributed by atoms with Crippen LogP contribution in [0.4, 0.5) is 0 Å². The Balaban J connectivity index is 1.50. The van der Waals surface area contributed by atoms with E-state index in [0.717, 1.165) is 11.1 Å². The van der Waals surface area contributed by atoms with E-state index in [2.05, 4.69) is 5.32 Å². The number of hydrogen-bond acceptors (Lipinski definition) is 6. The summed E-state index contributed by atoms with van der Waals surface area (Å²) in [6.07, 6.45) is 2.49. The van der Waals surface area contributed by atoms with Crippen molar-refractivity contribution in [1.29, 1.82) is 0 Å². The summed E-state index contributed by atoms with van der Waals surface area (Å²) < 4.78 is 0. The van der Waals surface area contributed by atoms with Gasteiger partial charge in [-0.1, -0.05) is 42.5 Å². The molecule has 2 aromatic carbocycles. The predicted octanol–water partition coefficient (Wildman–Crippen LogP) is 1.06. The van der Waals surface area contributed by atoms with Gasteiger partial charge in [0.1, 0.15) is 23.9 Å². The van der Waals surface area contributed by atoms with Gasteiger partial charge in [-0.2, -0.15) is 0 Å². The fraction of sp³-hybridized carbons (Fsp3) is 0.429. The second-order valence-electron chi connectivity index (χ2n) is 9.95. The number of carboxylic acid groups (broad SMARTS) is 1. The molecule has 10 nitrogen and oxygen atoms in total. The highest BCUT2D eigenvalue weighted by molar-refractivity contribution is 5.95. The SMILES string of the molecule is NC(Cc1ccc(O)cc1)C(=O)NC(Cc1ccccc1)C(=O)N1CCCC1C(=O)N1CCCC1C(=O)O. The molecule has 3 amide bonds. The average molecular weight is 523 g/mol. The summed E-state index contributed by atoms with van der Waals surface area (Å²) >= 11 is 0. The van der Waals surface area contributed by atoms with Crippen molar-refractivity contribution in [2.45, 2.75) is 62.7 Å². The average Bonchev–Trinajstić information content (AvgIpc) is 3.60. The minimum absolute atomic E-state index is 0.110. The number of amides is 3. The molecule has 2 aliphatic rings. The molecule has 4 atom stereocenters. The zero-order valence-corrected chi connectivity index (χ0v) is 21.2. The zero-order chi connectivity index (χ0) is 27.2. The van der Waals surface area contributed by atoms with Gasteiger partial charge in [0.25, 0.3) is 0 Å². The van der Waals surface area contributed by atoms with Crippen molar-refractivity contribution in [3.8, 4) is 5.75 Å². The Kier molecular flexibility index (Phi) is 8.62. The van der Waals surface area contributed by atoms with Crippen LogP contribution in [0, 0.1) is 0 Å². The quantitative estimate of drug-likeness (QED) is 0.384. The Morgan fingerprint density at radius 1 is 0.868 bits per heavy atom. The number of phenols is 1. The minimum atomic E-state index is -1.04. The summed E-state index contributed by atoms with van der Waals surface area (Å²) in [5, 5.41) is 21.8. The van der Waals surface area contributed by atoms with Crippen molar-refractivity contribution in [3.63, 3.8) is 0 Å². The second kappa shape index (κ2) is 12.1. The van der Waals surface area contributed by atoms with Crippen LogP contribution < -0.4 is 11.1 Å². The summed E-state index contributed by atoms with van der Waals surface area (Å²) in [7, 11) is 0. The van der Waals surface area contributed by atoms with Crippen LogP contribution in [0.5, 0.6) is 5.75 Å². The summed E-state index contributed by atoms with van der Waals surface area (Å²) in [6, 6.07) is 12.1. The lowest BCUT2D eigenvalue weighted by atomic mass is 10.0. The molecule has 0 spiro atoms. The monoisotopic (exact) mass is 522 g/mol. The van der Waals surface area contributed by atoms with Crippen LogP contribution >= 0.6 is 0 Å². The Bertz CT molecular complexity index is 1160. The van der Waals surface area contributed by atoms with E-state index >= 15 is 0 Å². The third-order valence-corrected chi connectivity index (χ3v) is 7.27. The predicted molar refractivity (Wildman–Crippen MR) is 139 cm³/mol. The highest BCUT2D eigenvalue weighted by Crippen LogP contribution is 2.26. The van der Waals surface area contributed by atoms with Crippen LogP contribution in [0.25, 0.3) is 0 Å². The van der Waals surface area contributed by atoms with Crippen molar-refractivity contribution in [3.05, 3.63) is 65.7 Å². The van der Waals surface area contributed by atoms with Crippen molar-refractivity contribution in [2.24, 2.45) is 5.73 Å². The molecule has 4 unspecified atom stereocenters. The van der Waals surface area contributed by atoms with Crippen LogP contribution in [0.3, 0.4) is 0 Å². The number of likely N-dealkylation sites (tertiary alicyclic amines) is 2. The number of hydrogen-bond donors (Lipinski definition) is 4. The third kappa shape index (κ3) is 6.31. The number of nitrogens with one attached hydrogen (secondary N) is 1. The van der Waals surface area contributed by atoms with Crippen LogP contribution in [-0.2, 0) is 32.0 Å². The molecule has 202 valence electrons. The van der Waals surface area contributed by atoms with E-state index in [-0.39, 0.29) is 30.4 Å². The van der Waals surface area contributed by atoms with Crippen molar-refractivity contribution < 1.29 is 29.4 Å². The highest BCUT2D eigenvalue weighted by Gasteiger charge is 2.43. The maximum absolute atomic E-state index is 13.8. The fourth-order valence-corrected chi connectivity index (χ4v) is 5.27. The summed E-state index contributed by atoms with van der Waals surface area (Å²) in [6.45, 7) is 0.701. The van der Waals surface area contributed by atoms with E-state index in [0.29, 0.717) is 38.8 Å². The Labute approximate surface area is 221 Å². The van der Waals surface area contributed by atoms with Gasteiger partial charge in [-0.05, 0) is 55.4 Å². The van der Waals surface area contributed by atoms with Crippen molar-refractivity contribution >= 4 is 23.7 Å². The number of rotatable bonds is 9. The molecule has 0 saturated carbocycles. The Hall–Kier alpha value is -3.92. The number of aliphatic carboxylic acids is 1. The van der Waals surface area contributed by atoms with E-state index in [1.165, 1.54) is 21.9 Å². The number of carbonyl (C=O) groups excluding carboxylic acids is 3. The number of aromatic hydroxyl groups is 1. The molecule has 0 radical (unpaired) electrons. The maximum atomic E-state index is 13.8. The molecule has 2 aliphatic heterocycles. The molecule has 38 heavy (non-hydrogen) atoms. The van der Waals surface area contributed by atoms with Gasteiger partial charge in [-0.25, -0.2) is 4.79 Å². The molecule has 2 fully saturated rings. The molecule has 5 N–H and O–H groups in total. The summed E-state index contributed by atoms with van der Waals surface area (Å²) in [4.78, 5) is 54.7. The summed E-state index contributed by atoms with van der Waals surface area (Å²) in [5.41, 5.74) is 7.77. The van der Waals surface area contributed by atoms with Crippen LogP contribution in [0.15, 0.2) is 54.6 Å². The van der Waals surface area contributed by atoms with E-state index in [4.69, 9.17) is 5.73 Å². The molecule has 10 heteroatoms. The van der Waals surface area contributed by atoms with Crippen molar-refractivity contribution in [2.75, 3.05) is 13.1 Å². The van der Waals surface area contributed by atoms with Crippen LogP contribution in [0.2, 0.25) is 0 Å². The van der Waals surface area contributed by atoms with Gasteiger partial charge in [0.15, 0.2) is 0 Å². The number of carboxylic acids is 1. The number of nitrogens with zero attached hydrogens (tertiary/aromatic N) is 2. The van der Waals surface area contributed by atoms with Gasteiger partial charge in [0.2, 0.25) is 17.7 Å². The van der Waals surface area contributed by atoms with Crippen LogP contribution in [-0.4, -0.2) is 81.0 Å². The molecule has 2 heterocycles. The first-order chi connectivity index (χ1) is 18.2. The fourth-order valence-electron chi connectivity index (χ4n) is 5.27. The Morgan fingerprint density at radius 2 is 1.47 bits per heavy atom. The maximum Gasteiger partial charge on any atom is 0.326 e. The number of phenolic OH excluding ortho intramolecular Hbond substituents is 1. The molecular weight excluding hydrogens is 488 g/mol. The number of benzene rings is 2. The molecule has 0 aromatic heterocycles. The first-order valence-electron chi connectivity index (χ1n) is 13.0.